The van der Waals surface area contributed by atoms with Gasteiger partial charge < -0.3 is 21.1 Å². The van der Waals surface area contributed by atoms with Gasteiger partial charge in [0, 0.05) is 0 Å². The van der Waals surface area contributed by atoms with Crippen LogP contribution in [0.2, 0.25) is 0 Å². The van der Waals surface area contributed by atoms with Gasteiger partial charge in [0.1, 0.15) is 18.1 Å². The third-order valence-corrected chi connectivity index (χ3v) is 5.82. The summed E-state index contributed by atoms with van der Waals surface area (Å²) in [6.07, 6.45) is 0.586. The lowest BCUT2D eigenvalue weighted by Gasteiger charge is -2.39. The maximum Gasteiger partial charge on any atom is 0.326 e. The number of rotatable bonds is 8. The number of anilines is 2. The Bertz CT molecular complexity index is 870. The van der Waals surface area contributed by atoms with Gasteiger partial charge in [-0.1, -0.05) is 60.1 Å². The molecule has 0 unspecified atom stereocenters. The van der Waals surface area contributed by atoms with Crippen LogP contribution >= 0.6 is 0 Å². The van der Waals surface area contributed by atoms with Gasteiger partial charge in [0.15, 0.2) is 0 Å². The Morgan fingerprint density at radius 1 is 1.06 bits per heavy atom. The van der Waals surface area contributed by atoms with E-state index in [0.29, 0.717) is 17.8 Å². The van der Waals surface area contributed by atoms with Crippen LogP contribution in [-0.2, 0) is 14.4 Å². The number of nitrogens with one attached hydrogen (secondary N) is 3. The van der Waals surface area contributed by atoms with Crippen molar-refractivity contribution in [2.24, 2.45) is 17.8 Å². The lowest BCUT2D eigenvalue weighted by atomic mass is 9.96. The quantitative estimate of drug-likeness (QED) is 0.488. The van der Waals surface area contributed by atoms with Crippen LogP contribution in [0.15, 0.2) is 24.3 Å². The second-order valence-corrected chi connectivity index (χ2v) is 8.95. The Labute approximate surface area is 188 Å². The standard InChI is InChI=1S/C23H34N4O5/c1-7-14(6)18(20(28)25-17(12(2)3)22(30)31)26-23(32)27-16-11-9-8-10-15(16)24-21(29)19(27)13(4)5/h8-14,17-19H,7H2,1-6H3,(H,24,29)(H,25,28)(H,26,32)(H,30,31)/t14-,17+,18-,19+/m1/s1. The number of amides is 4. The number of para-hydroxylation sites is 2. The zero-order valence-electron chi connectivity index (χ0n) is 19.5. The summed E-state index contributed by atoms with van der Waals surface area (Å²) in [5, 5.41) is 17.6. The summed E-state index contributed by atoms with van der Waals surface area (Å²) in [4.78, 5) is 52.1. The highest BCUT2D eigenvalue weighted by atomic mass is 16.4. The van der Waals surface area contributed by atoms with E-state index in [-0.39, 0.29) is 23.7 Å². The van der Waals surface area contributed by atoms with Gasteiger partial charge in [0.2, 0.25) is 11.8 Å². The summed E-state index contributed by atoms with van der Waals surface area (Å²) in [6, 6.07) is 3.61. The molecule has 0 saturated heterocycles. The first kappa shape index (κ1) is 25.2. The maximum atomic E-state index is 13.4. The molecule has 0 bridgehead atoms. The van der Waals surface area contributed by atoms with Gasteiger partial charge >= 0.3 is 12.0 Å². The minimum absolute atomic E-state index is 0.178. The summed E-state index contributed by atoms with van der Waals surface area (Å²) in [6.45, 7) is 10.8. The number of hydrogen-bond acceptors (Lipinski definition) is 4. The molecule has 2 rings (SSSR count). The average molecular weight is 447 g/mol. The summed E-state index contributed by atoms with van der Waals surface area (Å²) < 4.78 is 0. The molecule has 176 valence electrons. The van der Waals surface area contributed by atoms with Crippen molar-refractivity contribution in [3.63, 3.8) is 0 Å². The molecule has 0 aliphatic carbocycles. The highest BCUT2D eigenvalue weighted by Crippen LogP contribution is 2.34. The van der Waals surface area contributed by atoms with Crippen LogP contribution in [0.3, 0.4) is 0 Å². The number of fused-ring (bicyclic) bond motifs is 1. The average Bonchev–Trinajstić information content (AvgIpc) is 2.73. The van der Waals surface area contributed by atoms with E-state index in [1.807, 2.05) is 27.7 Å². The number of carbonyl (C=O) groups is 4. The van der Waals surface area contributed by atoms with Crippen LogP contribution in [0.4, 0.5) is 16.2 Å². The number of carboxylic acid groups (broad SMARTS) is 1. The van der Waals surface area contributed by atoms with Crippen LogP contribution in [0.25, 0.3) is 0 Å². The van der Waals surface area contributed by atoms with E-state index in [4.69, 9.17) is 0 Å². The Balaban J connectivity index is 2.36. The molecular weight excluding hydrogens is 412 g/mol. The smallest absolute Gasteiger partial charge is 0.326 e. The molecule has 9 nitrogen and oxygen atoms in total. The lowest BCUT2D eigenvalue weighted by molar-refractivity contribution is -0.143. The molecule has 0 saturated carbocycles. The molecule has 1 aromatic rings. The molecule has 1 aromatic carbocycles. The van der Waals surface area contributed by atoms with E-state index in [2.05, 4.69) is 16.0 Å². The van der Waals surface area contributed by atoms with Crippen molar-refractivity contribution in [2.75, 3.05) is 10.2 Å². The van der Waals surface area contributed by atoms with Crippen LogP contribution in [-0.4, -0.2) is 47.0 Å². The summed E-state index contributed by atoms with van der Waals surface area (Å²) in [7, 11) is 0. The highest BCUT2D eigenvalue weighted by molar-refractivity contribution is 6.12. The molecule has 1 aliphatic rings. The summed E-state index contributed by atoms with van der Waals surface area (Å²) in [5.74, 6) is -2.76. The number of carbonyl (C=O) groups excluding carboxylic acids is 3. The minimum atomic E-state index is -1.14. The Morgan fingerprint density at radius 2 is 1.69 bits per heavy atom. The maximum absolute atomic E-state index is 13.4. The fraction of sp³-hybridized carbons (Fsp3) is 0.565. The van der Waals surface area contributed by atoms with Crippen molar-refractivity contribution >= 4 is 35.2 Å². The van der Waals surface area contributed by atoms with Crippen molar-refractivity contribution in [1.82, 2.24) is 10.6 Å². The van der Waals surface area contributed by atoms with Gasteiger partial charge in [0.05, 0.1) is 11.4 Å². The molecule has 4 atom stereocenters. The zero-order chi connectivity index (χ0) is 24.2. The van der Waals surface area contributed by atoms with Gasteiger partial charge in [-0.05, 0) is 29.9 Å². The van der Waals surface area contributed by atoms with E-state index >= 15 is 0 Å². The fourth-order valence-electron chi connectivity index (χ4n) is 3.76. The molecule has 0 aromatic heterocycles. The van der Waals surface area contributed by atoms with Crippen molar-refractivity contribution in [3.8, 4) is 0 Å². The molecular formula is C23H34N4O5. The normalized spacial score (nSPS) is 18.4. The second kappa shape index (κ2) is 10.5. The van der Waals surface area contributed by atoms with Crippen molar-refractivity contribution in [3.05, 3.63) is 24.3 Å². The van der Waals surface area contributed by atoms with Gasteiger partial charge in [-0.15, -0.1) is 0 Å². The first-order valence-corrected chi connectivity index (χ1v) is 11.0. The fourth-order valence-corrected chi connectivity index (χ4v) is 3.76. The number of benzene rings is 1. The van der Waals surface area contributed by atoms with E-state index in [9.17, 15) is 24.3 Å². The summed E-state index contributed by atoms with van der Waals surface area (Å²) in [5.41, 5.74) is 1.05. The van der Waals surface area contributed by atoms with E-state index in [1.54, 1.807) is 38.1 Å². The summed E-state index contributed by atoms with van der Waals surface area (Å²) >= 11 is 0. The third-order valence-electron chi connectivity index (χ3n) is 5.82. The zero-order valence-corrected chi connectivity index (χ0v) is 19.5. The predicted octanol–water partition coefficient (Wildman–Crippen LogP) is 2.82. The first-order chi connectivity index (χ1) is 15.0. The van der Waals surface area contributed by atoms with E-state index in [1.165, 1.54) is 4.90 Å². The van der Waals surface area contributed by atoms with Crippen molar-refractivity contribution in [2.45, 2.75) is 66.1 Å². The third kappa shape index (κ3) is 5.38. The molecule has 9 heteroatoms. The Kier molecular flexibility index (Phi) is 8.24. The Morgan fingerprint density at radius 3 is 2.22 bits per heavy atom. The van der Waals surface area contributed by atoms with Crippen LogP contribution in [0.1, 0.15) is 48.0 Å². The van der Waals surface area contributed by atoms with Crippen molar-refractivity contribution in [1.29, 1.82) is 0 Å². The van der Waals surface area contributed by atoms with E-state index < -0.39 is 36.0 Å². The number of aliphatic carboxylic acids is 1. The first-order valence-electron chi connectivity index (χ1n) is 11.0. The van der Waals surface area contributed by atoms with Gasteiger partial charge in [-0.2, -0.15) is 0 Å². The Hall–Kier alpha value is -3.10. The molecule has 0 radical (unpaired) electrons. The SMILES string of the molecule is CC[C@@H](C)[C@@H](NC(=O)N1c2ccccc2NC(=O)[C@@H]1C(C)C)C(=O)N[C@H](C(=O)O)C(C)C. The molecule has 0 spiro atoms. The topological polar surface area (TPSA) is 128 Å². The van der Waals surface area contributed by atoms with Crippen LogP contribution in [0.5, 0.6) is 0 Å². The number of hydrogen-bond donors (Lipinski definition) is 4. The molecule has 4 amide bonds. The van der Waals surface area contributed by atoms with Gasteiger partial charge in [0.25, 0.3) is 0 Å². The minimum Gasteiger partial charge on any atom is -0.480 e. The number of carboxylic acids is 1. The lowest BCUT2D eigenvalue weighted by Crippen LogP contribution is -2.61. The molecule has 32 heavy (non-hydrogen) atoms. The molecule has 1 heterocycles. The van der Waals surface area contributed by atoms with Crippen molar-refractivity contribution < 1.29 is 24.3 Å². The second-order valence-electron chi connectivity index (χ2n) is 8.95. The highest BCUT2D eigenvalue weighted by Gasteiger charge is 2.40. The molecule has 1 aliphatic heterocycles. The van der Waals surface area contributed by atoms with Crippen LogP contribution < -0.4 is 20.9 Å². The monoisotopic (exact) mass is 446 g/mol. The largest absolute Gasteiger partial charge is 0.480 e. The van der Waals surface area contributed by atoms with Crippen LogP contribution in [0, 0.1) is 17.8 Å². The number of urea groups is 1. The molecule has 0 fully saturated rings. The predicted molar refractivity (Wildman–Crippen MR) is 122 cm³/mol. The molecule has 4 N–H and O–H groups in total. The van der Waals surface area contributed by atoms with E-state index in [0.717, 1.165) is 0 Å². The number of nitrogens with zero attached hydrogens (tertiary/aromatic N) is 1. The van der Waals surface area contributed by atoms with Gasteiger partial charge in [-0.3, -0.25) is 14.5 Å². The van der Waals surface area contributed by atoms with Gasteiger partial charge in [-0.25, -0.2) is 9.59 Å².